The van der Waals surface area contributed by atoms with E-state index < -0.39 is 37.7 Å². The molecule has 7 nitrogen and oxygen atoms in total. The molecule has 3 rings (SSSR count). The summed E-state index contributed by atoms with van der Waals surface area (Å²) in [6.07, 6.45) is -4.68. The lowest BCUT2D eigenvalue weighted by molar-refractivity contribution is -0.137. The first-order valence-electron chi connectivity index (χ1n) is 7.66. The molecule has 0 aliphatic rings. The third-order valence-electron chi connectivity index (χ3n) is 3.43. The van der Waals surface area contributed by atoms with Crippen LogP contribution in [0.5, 0.6) is 0 Å². The second-order valence-electron chi connectivity index (χ2n) is 5.49. The van der Waals surface area contributed by atoms with Crippen molar-refractivity contribution in [3.8, 4) is 0 Å². The Morgan fingerprint density at radius 3 is 2.41 bits per heavy atom. The molecule has 152 valence electrons. The van der Waals surface area contributed by atoms with Gasteiger partial charge >= 0.3 is 6.18 Å². The number of rotatable bonds is 5. The molecule has 1 amide bonds. The first-order valence-corrected chi connectivity index (χ1v) is 10.3. The van der Waals surface area contributed by atoms with Crippen molar-refractivity contribution in [2.45, 2.75) is 10.5 Å². The van der Waals surface area contributed by atoms with Gasteiger partial charge in [0.15, 0.2) is 0 Å². The Bertz CT molecular complexity index is 1150. The van der Waals surface area contributed by atoms with E-state index >= 15 is 0 Å². The summed E-state index contributed by atoms with van der Waals surface area (Å²) in [4.78, 5) is 12.1. The number of carbonyl (C=O) groups excluding carboxylic acids is 1. The third-order valence-corrected chi connectivity index (χ3v) is 6.33. The van der Waals surface area contributed by atoms with E-state index in [4.69, 9.17) is 11.6 Å². The first kappa shape index (κ1) is 21.0. The highest BCUT2D eigenvalue weighted by Crippen LogP contribution is 2.35. The minimum Gasteiger partial charge on any atom is -0.296 e. The van der Waals surface area contributed by atoms with E-state index in [2.05, 4.69) is 15.5 Å². The lowest BCUT2D eigenvalue weighted by atomic mass is 10.2. The zero-order chi connectivity index (χ0) is 21.2. The fourth-order valence-electron chi connectivity index (χ4n) is 2.10. The van der Waals surface area contributed by atoms with Crippen molar-refractivity contribution in [3.05, 3.63) is 64.7 Å². The van der Waals surface area contributed by atoms with E-state index in [0.29, 0.717) is 23.0 Å². The second kappa shape index (κ2) is 7.97. The molecule has 1 heterocycles. The van der Waals surface area contributed by atoms with Crippen molar-refractivity contribution in [2.24, 2.45) is 0 Å². The minimum absolute atomic E-state index is 0.102. The highest BCUT2D eigenvalue weighted by Gasteiger charge is 2.32. The van der Waals surface area contributed by atoms with Crippen LogP contribution in [0.2, 0.25) is 5.02 Å². The Balaban J connectivity index is 1.80. The smallest absolute Gasteiger partial charge is 0.296 e. The number of hydrogen-bond acceptors (Lipinski definition) is 6. The van der Waals surface area contributed by atoms with Gasteiger partial charge in [-0.05, 0) is 30.3 Å². The molecule has 29 heavy (non-hydrogen) atoms. The number of carbonyl (C=O) groups is 1. The van der Waals surface area contributed by atoms with Crippen molar-refractivity contribution in [2.75, 3.05) is 10.0 Å². The molecule has 0 radical (unpaired) electrons. The largest absolute Gasteiger partial charge is 0.416 e. The number of hydrogen-bond donors (Lipinski definition) is 2. The van der Waals surface area contributed by atoms with Gasteiger partial charge in [-0.3, -0.25) is 14.8 Å². The monoisotopic (exact) mass is 462 g/mol. The topological polar surface area (TPSA) is 101 Å². The molecule has 0 unspecified atom stereocenters. The number of aromatic nitrogens is 2. The predicted octanol–water partition coefficient (Wildman–Crippen LogP) is 4.26. The number of halogens is 4. The van der Waals surface area contributed by atoms with Gasteiger partial charge in [0.2, 0.25) is 5.13 Å². The number of nitrogens with one attached hydrogen (secondary N) is 2. The van der Waals surface area contributed by atoms with Crippen LogP contribution >= 0.6 is 22.9 Å². The van der Waals surface area contributed by atoms with Crippen LogP contribution in [0.3, 0.4) is 0 Å². The molecule has 1 aromatic heterocycles. The summed E-state index contributed by atoms with van der Waals surface area (Å²) in [5, 5.41) is 9.10. The summed E-state index contributed by atoms with van der Waals surface area (Å²) in [6, 6.07) is 10.3. The molecule has 0 aliphatic heterocycles. The fraction of sp³-hybridized carbons (Fsp3) is 0.0625. The molecule has 0 atom stereocenters. The van der Waals surface area contributed by atoms with Crippen LogP contribution in [0, 0.1) is 0 Å². The van der Waals surface area contributed by atoms with Crippen LogP contribution < -0.4 is 10.0 Å². The summed E-state index contributed by atoms with van der Waals surface area (Å²) in [6.45, 7) is 0. The molecule has 0 aliphatic carbocycles. The Morgan fingerprint density at radius 1 is 1.07 bits per heavy atom. The summed E-state index contributed by atoms with van der Waals surface area (Å²) in [5.41, 5.74) is -1.22. The van der Waals surface area contributed by atoms with Gasteiger partial charge in [0.25, 0.3) is 20.3 Å². The number of nitrogens with zero attached hydrogens (tertiary/aromatic N) is 2. The van der Waals surface area contributed by atoms with Gasteiger partial charge in [-0.15, -0.1) is 10.2 Å². The SMILES string of the molecule is O=C(Nc1nnc(S(=O)(=O)Nc2cc(C(F)(F)F)ccc2Cl)s1)c1ccccc1. The predicted molar refractivity (Wildman–Crippen MR) is 102 cm³/mol. The average molecular weight is 463 g/mol. The number of benzene rings is 2. The van der Waals surface area contributed by atoms with Gasteiger partial charge in [-0.1, -0.05) is 41.1 Å². The minimum atomic E-state index is -4.68. The van der Waals surface area contributed by atoms with Crippen LogP contribution in [0.25, 0.3) is 0 Å². The molecular formula is C16H10ClF3N4O3S2. The van der Waals surface area contributed by atoms with Crippen molar-refractivity contribution in [1.82, 2.24) is 10.2 Å². The molecule has 0 bridgehead atoms. The van der Waals surface area contributed by atoms with Crippen molar-refractivity contribution in [1.29, 1.82) is 0 Å². The highest BCUT2D eigenvalue weighted by molar-refractivity contribution is 7.94. The maximum atomic E-state index is 12.8. The van der Waals surface area contributed by atoms with Gasteiger partial charge in [0.1, 0.15) is 0 Å². The van der Waals surface area contributed by atoms with Gasteiger partial charge in [-0.2, -0.15) is 21.6 Å². The Hall–Kier alpha value is -2.70. The fourth-order valence-corrected chi connectivity index (χ4v) is 4.28. The molecular weight excluding hydrogens is 453 g/mol. The molecule has 2 aromatic carbocycles. The van der Waals surface area contributed by atoms with Crippen molar-refractivity contribution < 1.29 is 26.4 Å². The van der Waals surface area contributed by atoms with Crippen molar-refractivity contribution in [3.63, 3.8) is 0 Å². The maximum Gasteiger partial charge on any atom is 0.416 e. The number of anilines is 2. The summed E-state index contributed by atoms with van der Waals surface area (Å²) < 4.78 is 64.8. The molecule has 3 aromatic rings. The number of sulfonamides is 1. The van der Waals surface area contributed by atoms with Crippen LogP contribution in [0.15, 0.2) is 52.9 Å². The van der Waals surface area contributed by atoms with Gasteiger partial charge in [-0.25, -0.2) is 0 Å². The standard InChI is InChI=1S/C16H10ClF3N4O3S2/c17-11-7-6-10(16(18,19)20)8-12(11)24-29(26,27)15-23-22-14(28-15)21-13(25)9-4-2-1-3-5-9/h1-8,24H,(H,21,22,25). The molecule has 0 saturated heterocycles. The summed E-state index contributed by atoms with van der Waals surface area (Å²) in [7, 11) is -4.39. The van der Waals surface area contributed by atoms with E-state index in [0.717, 1.165) is 12.1 Å². The van der Waals surface area contributed by atoms with E-state index in [-0.39, 0.29) is 10.2 Å². The van der Waals surface area contributed by atoms with E-state index in [9.17, 15) is 26.4 Å². The van der Waals surface area contributed by atoms with Gasteiger partial charge < -0.3 is 0 Å². The van der Waals surface area contributed by atoms with Crippen LogP contribution in [-0.2, 0) is 16.2 Å². The van der Waals surface area contributed by atoms with E-state index in [1.54, 1.807) is 30.3 Å². The van der Waals surface area contributed by atoms with E-state index in [1.807, 2.05) is 4.72 Å². The van der Waals surface area contributed by atoms with Crippen LogP contribution in [0.1, 0.15) is 15.9 Å². The van der Waals surface area contributed by atoms with Crippen LogP contribution in [0.4, 0.5) is 24.0 Å². The maximum absolute atomic E-state index is 12.8. The Labute approximate surface area is 171 Å². The Morgan fingerprint density at radius 2 is 1.76 bits per heavy atom. The van der Waals surface area contributed by atoms with Gasteiger partial charge in [0, 0.05) is 5.56 Å². The van der Waals surface area contributed by atoms with E-state index in [1.165, 1.54) is 0 Å². The zero-order valence-electron chi connectivity index (χ0n) is 14.1. The van der Waals surface area contributed by atoms with Crippen LogP contribution in [-0.4, -0.2) is 24.5 Å². The number of alkyl halides is 3. The Kier molecular flexibility index (Phi) is 5.78. The second-order valence-corrected chi connectivity index (χ2v) is 8.73. The van der Waals surface area contributed by atoms with Gasteiger partial charge in [0.05, 0.1) is 16.3 Å². The lowest BCUT2D eigenvalue weighted by Crippen LogP contribution is -2.14. The molecule has 0 fully saturated rings. The number of amides is 1. The molecule has 2 N–H and O–H groups in total. The lowest BCUT2D eigenvalue weighted by Gasteiger charge is -2.11. The van der Waals surface area contributed by atoms with Crippen molar-refractivity contribution >= 4 is 49.7 Å². The highest BCUT2D eigenvalue weighted by atomic mass is 35.5. The summed E-state index contributed by atoms with van der Waals surface area (Å²) in [5.74, 6) is -0.528. The molecule has 13 heteroatoms. The quantitative estimate of drug-likeness (QED) is 0.552. The average Bonchev–Trinajstić information content (AvgIpc) is 3.12. The first-order chi connectivity index (χ1) is 13.6. The molecule has 0 spiro atoms. The third kappa shape index (κ3) is 5.02. The normalized spacial score (nSPS) is 11.9. The summed E-state index contributed by atoms with van der Waals surface area (Å²) >= 11 is 6.33. The zero-order valence-corrected chi connectivity index (χ0v) is 16.5. The molecule has 0 saturated carbocycles.